The second-order valence-corrected chi connectivity index (χ2v) is 8.37. The number of benzene rings is 1. The highest BCUT2D eigenvalue weighted by atomic mass is 16.5. The first kappa shape index (κ1) is 20.6. The summed E-state index contributed by atoms with van der Waals surface area (Å²) in [4.78, 5) is 34.8. The minimum absolute atomic E-state index is 0.0545. The number of nitrogens with zero attached hydrogens (tertiary/aromatic N) is 3. The summed E-state index contributed by atoms with van der Waals surface area (Å²) in [6.07, 6.45) is 4.65. The zero-order valence-corrected chi connectivity index (χ0v) is 17.7. The van der Waals surface area contributed by atoms with Crippen LogP contribution in [0, 0.1) is 0 Å². The van der Waals surface area contributed by atoms with Crippen molar-refractivity contribution in [2.75, 3.05) is 11.5 Å². The molecule has 0 spiro atoms. The Bertz CT molecular complexity index is 1100. The average molecular weight is 420 g/mol. The van der Waals surface area contributed by atoms with Crippen LogP contribution in [0.3, 0.4) is 0 Å². The fraction of sp³-hybridized carbons (Fsp3) is 0.304. The van der Waals surface area contributed by atoms with Crippen molar-refractivity contribution in [3.63, 3.8) is 0 Å². The summed E-state index contributed by atoms with van der Waals surface area (Å²) in [5.74, 6) is 0.351. The van der Waals surface area contributed by atoms with Gasteiger partial charge >= 0.3 is 0 Å². The number of hydrogen-bond donors (Lipinski definition) is 1. The first-order valence-electron chi connectivity index (χ1n) is 10.0. The molecule has 0 fully saturated rings. The highest BCUT2D eigenvalue weighted by molar-refractivity contribution is 5.98. The predicted octanol–water partition coefficient (Wildman–Crippen LogP) is 3.22. The zero-order valence-electron chi connectivity index (χ0n) is 17.7. The molecule has 0 atom stereocenters. The molecule has 0 saturated carbocycles. The zero-order chi connectivity index (χ0) is 22.0. The van der Waals surface area contributed by atoms with E-state index in [9.17, 15) is 9.59 Å². The number of fused-ring (bicyclic) bond motifs is 1. The molecule has 1 aromatic carbocycles. The molecule has 1 aliphatic heterocycles. The van der Waals surface area contributed by atoms with Gasteiger partial charge in [-0.3, -0.25) is 19.5 Å². The second kappa shape index (κ2) is 8.22. The molecule has 3 aromatic rings. The van der Waals surface area contributed by atoms with Crippen LogP contribution in [0.25, 0.3) is 0 Å². The topological polar surface area (TPSA) is 97.6 Å². The van der Waals surface area contributed by atoms with Gasteiger partial charge in [0.1, 0.15) is 18.6 Å². The highest BCUT2D eigenvalue weighted by Crippen LogP contribution is 2.37. The molecule has 0 saturated heterocycles. The van der Waals surface area contributed by atoms with Crippen molar-refractivity contribution >= 4 is 17.5 Å². The molecule has 1 N–H and O–H groups in total. The molecular formula is C23H24N4O4. The lowest BCUT2D eigenvalue weighted by Crippen LogP contribution is -2.38. The molecule has 0 radical (unpaired) electrons. The molecule has 3 heterocycles. The van der Waals surface area contributed by atoms with Gasteiger partial charge in [0.15, 0.2) is 12.3 Å². The third-order valence-corrected chi connectivity index (χ3v) is 5.02. The molecule has 0 unspecified atom stereocenters. The average Bonchev–Trinajstić information content (AvgIpc) is 3.22. The Morgan fingerprint density at radius 3 is 2.84 bits per heavy atom. The molecule has 0 bridgehead atoms. The van der Waals surface area contributed by atoms with Crippen LogP contribution >= 0.6 is 0 Å². The van der Waals surface area contributed by atoms with Crippen LogP contribution in [0.1, 0.15) is 48.3 Å². The van der Waals surface area contributed by atoms with Crippen LogP contribution in [0.15, 0.2) is 53.4 Å². The van der Waals surface area contributed by atoms with Crippen molar-refractivity contribution in [2.24, 2.45) is 0 Å². The van der Waals surface area contributed by atoms with Gasteiger partial charge in [0, 0.05) is 18.9 Å². The number of aromatic nitrogens is 2. The monoisotopic (exact) mass is 420 g/mol. The normalized spacial score (nSPS) is 13.5. The van der Waals surface area contributed by atoms with Crippen molar-refractivity contribution in [1.29, 1.82) is 0 Å². The van der Waals surface area contributed by atoms with Crippen LogP contribution in [0.5, 0.6) is 5.75 Å². The summed E-state index contributed by atoms with van der Waals surface area (Å²) in [7, 11) is 0. The van der Waals surface area contributed by atoms with E-state index < -0.39 is 0 Å². The number of carbonyl (C=O) groups is 2. The third-order valence-electron chi connectivity index (χ3n) is 5.02. The molecule has 0 aliphatic carbocycles. The van der Waals surface area contributed by atoms with Crippen molar-refractivity contribution < 1.29 is 18.7 Å². The van der Waals surface area contributed by atoms with Gasteiger partial charge in [-0.1, -0.05) is 32.9 Å². The van der Waals surface area contributed by atoms with E-state index in [0.29, 0.717) is 18.0 Å². The first-order valence-corrected chi connectivity index (χ1v) is 10.0. The summed E-state index contributed by atoms with van der Waals surface area (Å²) in [5.41, 5.74) is 2.71. The maximum absolute atomic E-state index is 12.6. The van der Waals surface area contributed by atoms with Gasteiger partial charge in [0.05, 0.1) is 5.69 Å². The van der Waals surface area contributed by atoms with E-state index in [1.165, 1.54) is 6.26 Å². The maximum atomic E-state index is 12.6. The molecule has 2 amide bonds. The second-order valence-electron chi connectivity index (χ2n) is 8.37. The lowest BCUT2D eigenvalue weighted by molar-refractivity contribution is -0.121. The standard InChI is InChI=1S/C23H24N4O4/c1-23(2,3)16-6-7-19-18(9-16)27(21(28)14-30-19)12-20-26-17(13-31-20)22(29)25-11-15-5-4-8-24-10-15/h4-10,13H,11-12,14H2,1-3H3,(H,25,29). The third kappa shape index (κ3) is 4.58. The van der Waals surface area contributed by atoms with E-state index in [1.807, 2.05) is 24.3 Å². The number of oxazole rings is 1. The van der Waals surface area contributed by atoms with Crippen LogP contribution < -0.4 is 15.0 Å². The number of amides is 2. The van der Waals surface area contributed by atoms with E-state index in [4.69, 9.17) is 9.15 Å². The van der Waals surface area contributed by atoms with Gasteiger partial charge in [-0.2, -0.15) is 0 Å². The van der Waals surface area contributed by atoms with E-state index in [1.54, 1.807) is 23.4 Å². The molecule has 2 aromatic heterocycles. The van der Waals surface area contributed by atoms with Crippen molar-refractivity contribution in [1.82, 2.24) is 15.3 Å². The van der Waals surface area contributed by atoms with E-state index in [2.05, 4.69) is 36.1 Å². The van der Waals surface area contributed by atoms with Gasteiger partial charge in [0.2, 0.25) is 5.89 Å². The SMILES string of the molecule is CC(C)(C)c1ccc2c(c1)N(Cc1nc(C(=O)NCc3cccnc3)co1)C(=O)CO2. The fourth-order valence-electron chi connectivity index (χ4n) is 3.24. The van der Waals surface area contributed by atoms with Crippen molar-refractivity contribution in [3.8, 4) is 5.75 Å². The van der Waals surface area contributed by atoms with Gasteiger partial charge in [0.25, 0.3) is 11.8 Å². The molecular weight excluding hydrogens is 396 g/mol. The summed E-state index contributed by atoms with van der Waals surface area (Å²) < 4.78 is 11.1. The molecule has 8 nitrogen and oxygen atoms in total. The molecule has 160 valence electrons. The maximum Gasteiger partial charge on any atom is 0.273 e. The van der Waals surface area contributed by atoms with Gasteiger partial charge < -0.3 is 14.5 Å². The predicted molar refractivity (Wildman–Crippen MR) is 114 cm³/mol. The van der Waals surface area contributed by atoms with Gasteiger partial charge in [-0.05, 0) is 34.7 Å². The Labute approximate surface area is 180 Å². The number of rotatable bonds is 5. The van der Waals surface area contributed by atoms with Crippen LogP contribution in [0.4, 0.5) is 5.69 Å². The number of hydrogen-bond acceptors (Lipinski definition) is 6. The Morgan fingerprint density at radius 1 is 1.26 bits per heavy atom. The smallest absolute Gasteiger partial charge is 0.273 e. The number of anilines is 1. The number of carbonyl (C=O) groups excluding carboxylic acids is 2. The number of ether oxygens (including phenoxy) is 1. The Morgan fingerprint density at radius 2 is 2.10 bits per heavy atom. The lowest BCUT2D eigenvalue weighted by Gasteiger charge is -2.30. The fourth-order valence-corrected chi connectivity index (χ4v) is 3.24. The van der Waals surface area contributed by atoms with Gasteiger partial charge in [-0.25, -0.2) is 4.98 Å². The Balaban J connectivity index is 1.49. The van der Waals surface area contributed by atoms with Gasteiger partial charge in [-0.15, -0.1) is 0 Å². The highest BCUT2D eigenvalue weighted by Gasteiger charge is 2.29. The lowest BCUT2D eigenvalue weighted by atomic mass is 9.86. The Kier molecular flexibility index (Phi) is 5.46. The quantitative estimate of drug-likeness (QED) is 0.681. The summed E-state index contributed by atoms with van der Waals surface area (Å²) in [6, 6.07) is 9.51. The molecule has 8 heteroatoms. The number of nitrogens with one attached hydrogen (secondary N) is 1. The Hall–Kier alpha value is -3.68. The largest absolute Gasteiger partial charge is 0.482 e. The minimum Gasteiger partial charge on any atom is -0.482 e. The van der Waals surface area contributed by atoms with E-state index in [0.717, 1.165) is 11.1 Å². The van der Waals surface area contributed by atoms with E-state index >= 15 is 0 Å². The van der Waals surface area contributed by atoms with Crippen molar-refractivity contribution in [3.05, 3.63) is 71.7 Å². The van der Waals surface area contributed by atoms with Crippen LogP contribution in [-0.4, -0.2) is 28.4 Å². The minimum atomic E-state index is -0.359. The summed E-state index contributed by atoms with van der Waals surface area (Å²) >= 11 is 0. The van der Waals surface area contributed by atoms with E-state index in [-0.39, 0.29) is 42.0 Å². The molecule has 1 aliphatic rings. The number of pyridine rings is 1. The summed E-state index contributed by atoms with van der Waals surface area (Å²) in [6.45, 7) is 6.71. The van der Waals surface area contributed by atoms with Crippen LogP contribution in [0.2, 0.25) is 0 Å². The molecule has 31 heavy (non-hydrogen) atoms. The molecule has 4 rings (SSSR count). The van der Waals surface area contributed by atoms with Crippen molar-refractivity contribution in [2.45, 2.75) is 39.3 Å². The summed E-state index contributed by atoms with van der Waals surface area (Å²) in [5, 5.41) is 2.78. The first-order chi connectivity index (χ1) is 14.8. The van der Waals surface area contributed by atoms with Crippen LogP contribution in [-0.2, 0) is 23.3 Å².